The van der Waals surface area contributed by atoms with Crippen LogP contribution in [0, 0.1) is 0 Å². The zero-order valence-electron chi connectivity index (χ0n) is 15.7. The number of sulfonamides is 1. The Morgan fingerprint density at radius 3 is 2.27 bits per heavy atom. The van der Waals surface area contributed by atoms with E-state index < -0.39 is 15.9 Å². The molecule has 0 aromatic heterocycles. The summed E-state index contributed by atoms with van der Waals surface area (Å²) in [4.78, 5) is 12.3. The number of hydrogen-bond acceptors (Lipinski definition) is 6. The summed E-state index contributed by atoms with van der Waals surface area (Å²) in [7, 11) is -3.84. The van der Waals surface area contributed by atoms with E-state index in [2.05, 4.69) is 10.0 Å². The highest BCUT2D eigenvalue weighted by atomic mass is 32.2. The molecule has 154 valence electrons. The summed E-state index contributed by atoms with van der Waals surface area (Å²) in [5.74, 6) is 0.285. The molecule has 1 aliphatic rings. The maximum atomic E-state index is 12.7. The second-order valence-electron chi connectivity index (χ2n) is 6.46. The van der Waals surface area contributed by atoms with Crippen molar-refractivity contribution in [3.63, 3.8) is 0 Å². The van der Waals surface area contributed by atoms with Gasteiger partial charge >= 0.3 is 0 Å². The molecule has 1 heterocycles. The van der Waals surface area contributed by atoms with Crippen LogP contribution in [0.25, 0.3) is 0 Å². The van der Waals surface area contributed by atoms with E-state index in [0.717, 1.165) is 0 Å². The minimum Gasteiger partial charge on any atom is -0.507 e. The number of rotatable bonds is 5. The summed E-state index contributed by atoms with van der Waals surface area (Å²) < 4.78 is 38.7. The third-order valence-corrected chi connectivity index (χ3v) is 5.75. The molecule has 8 nitrogen and oxygen atoms in total. The third-order valence-electron chi connectivity index (χ3n) is 4.37. The highest BCUT2D eigenvalue weighted by Crippen LogP contribution is 2.32. The second kappa shape index (κ2) is 7.96. The Kier molecular flexibility index (Phi) is 5.20. The number of para-hydroxylation sites is 1. The minimum absolute atomic E-state index is 0.0451. The Balaban J connectivity index is 1.46. The molecule has 0 saturated heterocycles. The molecule has 0 aliphatic carbocycles. The zero-order valence-corrected chi connectivity index (χ0v) is 16.5. The van der Waals surface area contributed by atoms with E-state index in [0.29, 0.717) is 36.1 Å². The van der Waals surface area contributed by atoms with Gasteiger partial charge < -0.3 is 19.9 Å². The Bertz CT molecular complexity index is 1190. The van der Waals surface area contributed by atoms with Crippen molar-refractivity contribution in [3.05, 3.63) is 72.3 Å². The quantitative estimate of drug-likeness (QED) is 0.577. The summed E-state index contributed by atoms with van der Waals surface area (Å²) in [5.41, 5.74) is 0.914. The molecule has 1 aliphatic heterocycles. The van der Waals surface area contributed by atoms with Crippen molar-refractivity contribution < 1.29 is 27.8 Å². The van der Waals surface area contributed by atoms with Crippen LogP contribution in [-0.2, 0) is 10.0 Å². The smallest absolute Gasteiger partial charge is 0.262 e. The molecule has 4 rings (SSSR count). The maximum Gasteiger partial charge on any atom is 0.262 e. The molecule has 30 heavy (non-hydrogen) atoms. The molecule has 0 fully saturated rings. The molecule has 0 spiro atoms. The number of fused-ring (bicyclic) bond motifs is 1. The van der Waals surface area contributed by atoms with Crippen LogP contribution in [0.3, 0.4) is 0 Å². The van der Waals surface area contributed by atoms with Gasteiger partial charge in [0.1, 0.15) is 19.0 Å². The number of hydrogen-bond donors (Lipinski definition) is 3. The Labute approximate surface area is 173 Å². The first-order valence-corrected chi connectivity index (χ1v) is 10.5. The van der Waals surface area contributed by atoms with Gasteiger partial charge in [0.15, 0.2) is 11.5 Å². The number of carbonyl (C=O) groups is 1. The van der Waals surface area contributed by atoms with Crippen LogP contribution in [0.15, 0.2) is 71.6 Å². The number of phenolic OH excluding ortho intramolecular Hbond substituents is 1. The van der Waals surface area contributed by atoms with Crippen molar-refractivity contribution >= 4 is 27.3 Å². The Hall–Kier alpha value is -3.72. The topological polar surface area (TPSA) is 114 Å². The predicted octanol–water partition coefficient (Wildman–Crippen LogP) is 3.22. The number of benzene rings is 3. The van der Waals surface area contributed by atoms with Gasteiger partial charge in [-0.1, -0.05) is 12.1 Å². The first-order valence-electron chi connectivity index (χ1n) is 9.04. The molecule has 3 N–H and O–H groups in total. The molecule has 1 amide bonds. The number of phenols is 1. The molecule has 0 radical (unpaired) electrons. The number of ether oxygens (including phenoxy) is 2. The van der Waals surface area contributed by atoms with Gasteiger partial charge in [-0.15, -0.1) is 0 Å². The molecule has 0 atom stereocenters. The van der Waals surface area contributed by atoms with Gasteiger partial charge in [-0.25, -0.2) is 8.42 Å². The fourth-order valence-electron chi connectivity index (χ4n) is 2.89. The van der Waals surface area contributed by atoms with E-state index >= 15 is 0 Å². The number of amides is 1. The third kappa shape index (κ3) is 4.15. The number of aromatic hydroxyl groups is 1. The van der Waals surface area contributed by atoms with Gasteiger partial charge in [0.2, 0.25) is 0 Å². The molecule has 3 aromatic carbocycles. The first-order chi connectivity index (χ1) is 14.4. The highest BCUT2D eigenvalue weighted by molar-refractivity contribution is 7.92. The fourth-order valence-corrected chi connectivity index (χ4v) is 3.96. The van der Waals surface area contributed by atoms with Crippen molar-refractivity contribution in [2.75, 3.05) is 23.3 Å². The van der Waals surface area contributed by atoms with Crippen LogP contribution >= 0.6 is 0 Å². The van der Waals surface area contributed by atoms with Crippen molar-refractivity contribution in [2.24, 2.45) is 0 Å². The Morgan fingerprint density at radius 2 is 1.53 bits per heavy atom. The SMILES string of the molecule is O=C(Nc1ccc(NS(=O)(=O)c2ccc3c(c2)OCCO3)cc1)c1ccccc1O. The summed E-state index contributed by atoms with van der Waals surface area (Å²) in [6.45, 7) is 0.780. The average Bonchev–Trinajstić information content (AvgIpc) is 2.75. The van der Waals surface area contributed by atoms with Crippen molar-refractivity contribution in [1.82, 2.24) is 0 Å². The van der Waals surface area contributed by atoms with E-state index in [4.69, 9.17) is 9.47 Å². The van der Waals surface area contributed by atoms with Gasteiger partial charge in [-0.3, -0.25) is 9.52 Å². The van der Waals surface area contributed by atoms with Crippen LogP contribution in [0.4, 0.5) is 11.4 Å². The standard InChI is InChI=1S/C21H18N2O6S/c24-18-4-2-1-3-17(18)21(25)22-14-5-7-15(8-6-14)23-30(26,27)16-9-10-19-20(13-16)29-12-11-28-19/h1-10,13,23-24H,11-12H2,(H,22,25). The van der Waals surface area contributed by atoms with E-state index in [1.807, 2.05) is 0 Å². The molecule has 3 aromatic rings. The van der Waals surface area contributed by atoms with Crippen LogP contribution in [0.5, 0.6) is 17.2 Å². The van der Waals surface area contributed by atoms with E-state index in [1.54, 1.807) is 30.3 Å². The van der Waals surface area contributed by atoms with E-state index in [-0.39, 0.29) is 16.2 Å². The van der Waals surface area contributed by atoms with Crippen LogP contribution < -0.4 is 19.5 Å². The predicted molar refractivity (Wildman–Crippen MR) is 111 cm³/mol. The molecule has 0 unspecified atom stereocenters. The second-order valence-corrected chi connectivity index (χ2v) is 8.14. The van der Waals surface area contributed by atoms with Crippen LogP contribution in [0.1, 0.15) is 10.4 Å². The summed E-state index contributed by atoms with van der Waals surface area (Å²) >= 11 is 0. The summed E-state index contributed by atoms with van der Waals surface area (Å²) in [5, 5.41) is 12.4. The lowest BCUT2D eigenvalue weighted by Gasteiger charge is -2.19. The lowest BCUT2D eigenvalue weighted by molar-refractivity contribution is 0.102. The molecule has 0 bridgehead atoms. The summed E-state index contributed by atoms with van der Waals surface area (Å²) in [6, 6.07) is 16.8. The number of nitrogens with one attached hydrogen (secondary N) is 2. The first kappa shape index (κ1) is 19.6. The molecule has 9 heteroatoms. The van der Waals surface area contributed by atoms with Gasteiger partial charge in [-0.2, -0.15) is 0 Å². The van der Waals surface area contributed by atoms with Crippen LogP contribution in [0.2, 0.25) is 0 Å². The lowest BCUT2D eigenvalue weighted by atomic mass is 10.2. The van der Waals surface area contributed by atoms with Crippen molar-refractivity contribution in [3.8, 4) is 17.2 Å². The highest BCUT2D eigenvalue weighted by Gasteiger charge is 2.19. The lowest BCUT2D eigenvalue weighted by Crippen LogP contribution is -2.17. The van der Waals surface area contributed by atoms with E-state index in [9.17, 15) is 18.3 Å². The molecular weight excluding hydrogens is 408 g/mol. The summed E-state index contributed by atoms with van der Waals surface area (Å²) in [6.07, 6.45) is 0. The van der Waals surface area contributed by atoms with Gasteiger partial charge in [0.05, 0.1) is 10.5 Å². The van der Waals surface area contributed by atoms with Crippen LogP contribution in [-0.4, -0.2) is 32.6 Å². The van der Waals surface area contributed by atoms with Crippen molar-refractivity contribution in [1.29, 1.82) is 0 Å². The largest absolute Gasteiger partial charge is 0.507 e. The zero-order chi connectivity index (χ0) is 21.1. The molecule has 0 saturated carbocycles. The Morgan fingerprint density at radius 1 is 0.867 bits per heavy atom. The van der Waals surface area contributed by atoms with Gasteiger partial charge in [0.25, 0.3) is 15.9 Å². The van der Waals surface area contributed by atoms with E-state index in [1.165, 1.54) is 36.4 Å². The van der Waals surface area contributed by atoms with Crippen molar-refractivity contribution in [2.45, 2.75) is 4.90 Å². The maximum absolute atomic E-state index is 12.7. The monoisotopic (exact) mass is 426 g/mol. The normalized spacial score (nSPS) is 12.8. The number of anilines is 2. The van der Waals surface area contributed by atoms with Gasteiger partial charge in [0, 0.05) is 17.4 Å². The van der Waals surface area contributed by atoms with Gasteiger partial charge in [-0.05, 0) is 48.5 Å². The fraction of sp³-hybridized carbons (Fsp3) is 0.0952. The minimum atomic E-state index is -3.84. The molecular formula is C21H18N2O6S. The average molecular weight is 426 g/mol. The number of carbonyl (C=O) groups excluding carboxylic acids is 1.